The molecule has 0 bridgehead atoms. The van der Waals surface area contributed by atoms with Gasteiger partial charge in [-0.25, -0.2) is 0 Å². The second kappa shape index (κ2) is 11.0. The molecule has 0 amide bonds. The summed E-state index contributed by atoms with van der Waals surface area (Å²) in [6, 6.07) is 59.6. The number of para-hydroxylation sites is 2. The van der Waals surface area contributed by atoms with E-state index in [-0.39, 0.29) is 0 Å². The van der Waals surface area contributed by atoms with Gasteiger partial charge in [0, 0.05) is 33.4 Å². The molecule has 2 aliphatic heterocycles. The monoisotopic (exact) mass is 649 g/mol. The predicted octanol–water partition coefficient (Wildman–Crippen LogP) is 12.6. The smallest absolute Gasteiger partial charge is 0.264 e. The molecule has 0 fully saturated rings. The predicted molar refractivity (Wildman–Crippen MR) is 205 cm³/mol. The van der Waals surface area contributed by atoms with E-state index < -0.39 is 8.02 Å². The summed E-state index contributed by atoms with van der Waals surface area (Å²) in [6.07, 6.45) is 0. The maximum Gasteiger partial charge on any atom is 0.572 e. The van der Waals surface area contributed by atoms with E-state index in [2.05, 4.69) is 168 Å². The van der Waals surface area contributed by atoms with Gasteiger partial charge in [0.25, 0.3) is 0 Å². The first kappa shape index (κ1) is 28.0. The first-order valence-electron chi connectivity index (χ1n) is 16.5. The van der Waals surface area contributed by atoms with Crippen LogP contribution in [-0.2, 0) is 0 Å². The normalized spacial score (nSPS) is 15.7. The Hall–Kier alpha value is -6.09. The average molecular weight is 650 g/mol. The second-order valence-corrected chi connectivity index (χ2v) is 14.4. The summed E-state index contributed by atoms with van der Waals surface area (Å²) in [4.78, 5) is 0. The van der Waals surface area contributed by atoms with Gasteiger partial charge in [-0.05, 0) is 56.9 Å². The lowest BCUT2D eigenvalue weighted by molar-refractivity contribution is 0.479. The van der Waals surface area contributed by atoms with Gasteiger partial charge in [0.1, 0.15) is 0 Å². The lowest BCUT2D eigenvalue weighted by Gasteiger charge is -2.24. The molecule has 1 spiro atoms. The van der Waals surface area contributed by atoms with Crippen molar-refractivity contribution in [1.82, 2.24) is 0 Å². The first-order valence-corrected chi connectivity index (χ1v) is 18.1. The van der Waals surface area contributed by atoms with Crippen molar-refractivity contribution in [2.24, 2.45) is 0 Å². The molecule has 0 aliphatic carbocycles. The van der Waals surface area contributed by atoms with Crippen LogP contribution in [0.4, 0.5) is 11.4 Å². The van der Waals surface area contributed by atoms with Crippen molar-refractivity contribution < 1.29 is 9.05 Å². The maximum atomic E-state index is 7.56. The second-order valence-electron chi connectivity index (χ2n) is 12.5. The van der Waals surface area contributed by atoms with Crippen LogP contribution in [0.3, 0.4) is 0 Å². The largest absolute Gasteiger partial charge is 0.572 e. The third-order valence-electron chi connectivity index (χ3n) is 9.55. The quantitative estimate of drug-likeness (QED) is 0.183. The van der Waals surface area contributed by atoms with Gasteiger partial charge < -0.3 is 0 Å². The highest BCUT2D eigenvalue weighted by molar-refractivity contribution is 7.70. The summed E-state index contributed by atoms with van der Waals surface area (Å²) in [6.45, 7) is 0. The number of hydrogen-bond acceptors (Lipinski definition) is 4. The van der Waals surface area contributed by atoms with E-state index in [1.807, 2.05) is 12.1 Å². The minimum atomic E-state index is -3.25. The molecular weight excluding hydrogens is 619 g/mol. The van der Waals surface area contributed by atoms with Crippen LogP contribution in [0.25, 0.3) is 66.1 Å². The molecular formula is C44H30N2O2P+. The topological polar surface area (TPSA) is 42.5 Å². The van der Waals surface area contributed by atoms with E-state index in [1.165, 1.54) is 0 Å². The summed E-state index contributed by atoms with van der Waals surface area (Å²) in [5, 5.41) is 12.4. The zero-order valence-corrected chi connectivity index (χ0v) is 27.3. The highest BCUT2D eigenvalue weighted by Crippen LogP contribution is 2.69. The molecule has 8 aromatic rings. The van der Waals surface area contributed by atoms with Crippen LogP contribution in [0.15, 0.2) is 170 Å². The molecule has 232 valence electrons. The third kappa shape index (κ3) is 4.49. The standard InChI is InChI=1S/C44H30N2O2P/c1-3-15-29(16-4-1)37-27-31-19-7-9-21-33(31)41-42-34-22-10-8-20-32(34)28-38(30-17-5-2-6-18-30)44(42)48-49(46-43(37)41)45-39-25-13-11-23-35(39)36-24-12-14-26-40(36)47-49/h1-28,45-46H/q+1. The molecule has 0 saturated carbocycles. The molecule has 8 aromatic carbocycles. The van der Waals surface area contributed by atoms with Crippen LogP contribution in [0, 0.1) is 0 Å². The maximum absolute atomic E-state index is 7.56. The number of hydrogen-bond donors (Lipinski definition) is 2. The highest BCUT2D eigenvalue weighted by Gasteiger charge is 2.54. The van der Waals surface area contributed by atoms with Gasteiger partial charge in [0.15, 0.2) is 5.75 Å². The summed E-state index contributed by atoms with van der Waals surface area (Å²) >= 11 is 0. The van der Waals surface area contributed by atoms with Crippen molar-refractivity contribution in [2.75, 3.05) is 10.2 Å². The SMILES string of the molecule is c1ccc(-c2cc3ccccc3c3c2N[P+]2(Nc4ccccc4-c4ccccc4O2)Oc2c(-c4ccccc4)cc4ccccc4c2-3)cc1. The lowest BCUT2D eigenvalue weighted by Crippen LogP contribution is -2.23. The molecule has 0 saturated heterocycles. The van der Waals surface area contributed by atoms with E-state index in [4.69, 9.17) is 9.05 Å². The van der Waals surface area contributed by atoms with Crippen LogP contribution in [-0.4, -0.2) is 0 Å². The number of rotatable bonds is 2. The summed E-state index contributed by atoms with van der Waals surface area (Å²) in [5.74, 6) is 1.54. The molecule has 1 atom stereocenters. The molecule has 5 heteroatoms. The van der Waals surface area contributed by atoms with Gasteiger partial charge in [-0.1, -0.05) is 146 Å². The van der Waals surface area contributed by atoms with Gasteiger partial charge in [0.05, 0.1) is 11.4 Å². The van der Waals surface area contributed by atoms with Crippen LogP contribution < -0.4 is 19.2 Å². The zero-order chi connectivity index (χ0) is 32.4. The average Bonchev–Trinajstić information content (AvgIpc) is 3.39. The van der Waals surface area contributed by atoms with Gasteiger partial charge in [0.2, 0.25) is 5.75 Å². The zero-order valence-electron chi connectivity index (χ0n) is 26.4. The molecule has 49 heavy (non-hydrogen) atoms. The fraction of sp³-hybridized carbons (Fsp3) is 0. The van der Waals surface area contributed by atoms with Gasteiger partial charge in [-0.3, -0.25) is 9.05 Å². The summed E-state index contributed by atoms with van der Waals surface area (Å²) in [5.41, 5.74) is 10.4. The molecule has 4 nitrogen and oxygen atoms in total. The number of anilines is 2. The fourth-order valence-corrected chi connectivity index (χ4v) is 9.56. The van der Waals surface area contributed by atoms with Crippen LogP contribution in [0.1, 0.15) is 0 Å². The number of nitrogens with one attached hydrogen (secondary N) is 2. The molecule has 2 aliphatic rings. The number of benzene rings is 8. The third-order valence-corrected chi connectivity index (χ3v) is 11.5. The molecule has 0 radical (unpaired) electrons. The highest BCUT2D eigenvalue weighted by atomic mass is 31.2. The fourth-order valence-electron chi connectivity index (χ4n) is 7.37. The molecule has 0 aromatic heterocycles. The Bertz CT molecular complexity index is 2390. The van der Waals surface area contributed by atoms with Crippen molar-refractivity contribution in [2.45, 2.75) is 0 Å². The van der Waals surface area contributed by atoms with Gasteiger partial charge in [-0.15, -0.1) is 0 Å². The van der Waals surface area contributed by atoms with Crippen LogP contribution in [0.5, 0.6) is 11.5 Å². The van der Waals surface area contributed by atoms with Crippen molar-refractivity contribution in [1.29, 1.82) is 0 Å². The minimum Gasteiger partial charge on any atom is -0.264 e. The Kier molecular flexibility index (Phi) is 6.27. The van der Waals surface area contributed by atoms with Crippen molar-refractivity contribution in [3.8, 4) is 56.0 Å². The Morgan fingerprint density at radius 1 is 0.408 bits per heavy atom. The van der Waals surface area contributed by atoms with Gasteiger partial charge >= 0.3 is 8.02 Å². The van der Waals surface area contributed by atoms with Gasteiger partial charge in [-0.2, -0.15) is 10.2 Å². The Labute approximate surface area is 285 Å². The van der Waals surface area contributed by atoms with E-state index in [9.17, 15) is 0 Å². The van der Waals surface area contributed by atoms with E-state index in [1.54, 1.807) is 0 Å². The molecule has 10 rings (SSSR count). The summed E-state index contributed by atoms with van der Waals surface area (Å²) in [7, 11) is -3.25. The summed E-state index contributed by atoms with van der Waals surface area (Å²) < 4.78 is 14.8. The Morgan fingerprint density at radius 2 is 0.959 bits per heavy atom. The first-order chi connectivity index (χ1) is 24.2. The van der Waals surface area contributed by atoms with Crippen molar-refractivity contribution in [3.05, 3.63) is 170 Å². The minimum absolute atomic E-state index is 0.759. The molecule has 1 unspecified atom stereocenters. The van der Waals surface area contributed by atoms with Crippen molar-refractivity contribution in [3.63, 3.8) is 0 Å². The molecule has 2 heterocycles. The lowest BCUT2D eigenvalue weighted by atomic mass is 9.86. The molecule has 2 N–H and O–H groups in total. The van der Waals surface area contributed by atoms with E-state index >= 15 is 0 Å². The van der Waals surface area contributed by atoms with Crippen LogP contribution in [0.2, 0.25) is 0 Å². The van der Waals surface area contributed by atoms with E-state index in [0.29, 0.717) is 0 Å². The Balaban J connectivity index is 1.39. The number of fused-ring (bicyclic) bond motifs is 10. The van der Waals surface area contributed by atoms with Crippen LogP contribution >= 0.6 is 8.02 Å². The van der Waals surface area contributed by atoms with E-state index in [0.717, 1.165) is 88.9 Å². The van der Waals surface area contributed by atoms with Crippen molar-refractivity contribution >= 4 is 40.9 Å². The Morgan fingerprint density at radius 3 is 1.69 bits per heavy atom.